The number of hydrogen-bond donors (Lipinski definition) is 3. The summed E-state index contributed by atoms with van der Waals surface area (Å²) < 4.78 is 0. The molecule has 0 aliphatic carbocycles. The van der Waals surface area contributed by atoms with E-state index in [2.05, 4.69) is 25.8 Å². The molecule has 0 aromatic carbocycles. The van der Waals surface area contributed by atoms with Crippen molar-refractivity contribution in [1.29, 1.82) is 0 Å². The van der Waals surface area contributed by atoms with Crippen molar-refractivity contribution in [3.63, 3.8) is 0 Å². The minimum atomic E-state index is -0.182. The maximum Gasteiger partial charge on any atom is 0.288 e. The second kappa shape index (κ2) is 4.88. The van der Waals surface area contributed by atoms with Gasteiger partial charge in [-0.3, -0.25) is 9.89 Å². The van der Waals surface area contributed by atoms with Crippen LogP contribution in [0.15, 0.2) is 6.33 Å². The second-order valence-electron chi connectivity index (χ2n) is 3.76. The predicted octanol–water partition coefficient (Wildman–Crippen LogP) is -0.466. The molecule has 1 atom stereocenters. The van der Waals surface area contributed by atoms with E-state index in [-0.39, 0.29) is 11.7 Å². The zero-order valence-corrected chi connectivity index (χ0v) is 8.49. The molecule has 1 aliphatic rings. The van der Waals surface area contributed by atoms with Gasteiger partial charge in [-0.05, 0) is 31.8 Å². The van der Waals surface area contributed by atoms with Crippen LogP contribution in [0.25, 0.3) is 0 Å². The maximum absolute atomic E-state index is 11.5. The molecular weight excluding hydrogens is 194 g/mol. The SMILES string of the molecule is O=C(NCC1CCCNC1)c1ncn[nH]1. The van der Waals surface area contributed by atoms with Crippen LogP contribution in [0.5, 0.6) is 0 Å². The van der Waals surface area contributed by atoms with Crippen LogP contribution in [0.1, 0.15) is 23.5 Å². The van der Waals surface area contributed by atoms with Crippen molar-refractivity contribution in [2.45, 2.75) is 12.8 Å². The standard InChI is InChI=1S/C9H15N5O/c15-9(8-12-6-13-14-8)11-5-7-2-1-3-10-4-7/h6-7,10H,1-5H2,(H,11,15)(H,12,13,14). The molecule has 3 N–H and O–H groups in total. The van der Waals surface area contributed by atoms with Gasteiger partial charge in [-0.15, -0.1) is 0 Å². The van der Waals surface area contributed by atoms with Crippen LogP contribution in [0.4, 0.5) is 0 Å². The van der Waals surface area contributed by atoms with Crippen LogP contribution < -0.4 is 10.6 Å². The van der Waals surface area contributed by atoms with Crippen LogP contribution in [-0.2, 0) is 0 Å². The van der Waals surface area contributed by atoms with Crippen molar-refractivity contribution in [1.82, 2.24) is 25.8 Å². The molecule has 1 aliphatic heterocycles. The fourth-order valence-electron chi connectivity index (χ4n) is 1.73. The fourth-order valence-corrected chi connectivity index (χ4v) is 1.73. The second-order valence-corrected chi connectivity index (χ2v) is 3.76. The first-order chi connectivity index (χ1) is 7.36. The van der Waals surface area contributed by atoms with E-state index in [4.69, 9.17) is 0 Å². The number of carbonyl (C=O) groups excluding carboxylic acids is 1. The largest absolute Gasteiger partial charge is 0.349 e. The number of nitrogens with one attached hydrogen (secondary N) is 3. The lowest BCUT2D eigenvalue weighted by Gasteiger charge is -2.22. The Kier molecular flexibility index (Phi) is 3.29. The molecule has 1 aromatic heterocycles. The smallest absolute Gasteiger partial charge is 0.288 e. The predicted molar refractivity (Wildman–Crippen MR) is 54.3 cm³/mol. The topological polar surface area (TPSA) is 82.7 Å². The van der Waals surface area contributed by atoms with Gasteiger partial charge in [0.15, 0.2) is 0 Å². The fraction of sp³-hybridized carbons (Fsp3) is 0.667. The highest BCUT2D eigenvalue weighted by Gasteiger charge is 2.15. The number of aromatic amines is 1. The Hall–Kier alpha value is -1.43. The highest BCUT2D eigenvalue weighted by Crippen LogP contribution is 2.08. The normalized spacial score (nSPS) is 21.2. The Balaban J connectivity index is 1.75. The molecular formula is C9H15N5O. The summed E-state index contributed by atoms with van der Waals surface area (Å²) in [7, 11) is 0. The van der Waals surface area contributed by atoms with Crippen molar-refractivity contribution in [2.75, 3.05) is 19.6 Å². The number of aromatic nitrogens is 3. The van der Waals surface area contributed by atoms with Gasteiger partial charge in [-0.1, -0.05) is 0 Å². The average Bonchev–Trinajstić information content (AvgIpc) is 2.81. The van der Waals surface area contributed by atoms with E-state index >= 15 is 0 Å². The van der Waals surface area contributed by atoms with Crippen LogP contribution in [0, 0.1) is 5.92 Å². The van der Waals surface area contributed by atoms with Gasteiger partial charge in [0.05, 0.1) is 0 Å². The summed E-state index contributed by atoms with van der Waals surface area (Å²) in [6.45, 7) is 2.77. The summed E-state index contributed by atoms with van der Waals surface area (Å²) in [5.41, 5.74) is 0. The van der Waals surface area contributed by atoms with Crippen molar-refractivity contribution >= 4 is 5.91 Å². The van der Waals surface area contributed by atoms with Gasteiger partial charge in [-0.2, -0.15) is 5.10 Å². The molecule has 1 saturated heterocycles. The first-order valence-electron chi connectivity index (χ1n) is 5.20. The average molecular weight is 209 g/mol. The third kappa shape index (κ3) is 2.76. The van der Waals surface area contributed by atoms with Crippen LogP contribution in [0.2, 0.25) is 0 Å². The molecule has 82 valence electrons. The van der Waals surface area contributed by atoms with E-state index in [0.29, 0.717) is 12.5 Å². The van der Waals surface area contributed by atoms with Crippen molar-refractivity contribution in [3.05, 3.63) is 12.2 Å². The molecule has 1 unspecified atom stereocenters. The van der Waals surface area contributed by atoms with Gasteiger partial charge in [-0.25, -0.2) is 4.98 Å². The number of nitrogens with zero attached hydrogens (tertiary/aromatic N) is 2. The van der Waals surface area contributed by atoms with Crippen molar-refractivity contribution in [3.8, 4) is 0 Å². The summed E-state index contributed by atoms with van der Waals surface area (Å²) in [5, 5.41) is 12.3. The molecule has 6 nitrogen and oxygen atoms in total. The number of H-pyrrole nitrogens is 1. The molecule has 0 spiro atoms. The van der Waals surface area contributed by atoms with E-state index in [9.17, 15) is 4.79 Å². The van der Waals surface area contributed by atoms with Crippen LogP contribution in [-0.4, -0.2) is 40.7 Å². The van der Waals surface area contributed by atoms with Gasteiger partial charge < -0.3 is 10.6 Å². The molecule has 1 fully saturated rings. The molecule has 2 rings (SSSR count). The molecule has 0 saturated carbocycles. The molecule has 6 heteroatoms. The number of piperidine rings is 1. The van der Waals surface area contributed by atoms with Crippen LogP contribution >= 0.6 is 0 Å². The van der Waals surface area contributed by atoms with Crippen molar-refractivity contribution < 1.29 is 4.79 Å². The Morgan fingerprint density at radius 1 is 1.67 bits per heavy atom. The van der Waals surface area contributed by atoms with E-state index < -0.39 is 0 Å². The van der Waals surface area contributed by atoms with E-state index in [0.717, 1.165) is 13.1 Å². The maximum atomic E-state index is 11.5. The summed E-state index contributed by atoms with van der Waals surface area (Å²) in [5.74, 6) is 0.627. The minimum Gasteiger partial charge on any atom is -0.349 e. The Morgan fingerprint density at radius 3 is 3.27 bits per heavy atom. The van der Waals surface area contributed by atoms with Crippen molar-refractivity contribution in [2.24, 2.45) is 5.92 Å². The van der Waals surface area contributed by atoms with E-state index in [1.807, 2.05) is 0 Å². The summed E-state index contributed by atoms with van der Waals surface area (Å²) in [6.07, 6.45) is 3.68. The minimum absolute atomic E-state index is 0.182. The third-order valence-electron chi connectivity index (χ3n) is 2.58. The highest BCUT2D eigenvalue weighted by molar-refractivity contribution is 5.90. The molecule has 0 radical (unpaired) electrons. The lowest BCUT2D eigenvalue weighted by molar-refractivity contribution is 0.0935. The number of rotatable bonds is 3. The number of hydrogen-bond acceptors (Lipinski definition) is 4. The quantitative estimate of drug-likeness (QED) is 0.628. The molecule has 2 heterocycles. The van der Waals surface area contributed by atoms with Gasteiger partial charge in [0.1, 0.15) is 6.33 Å². The molecule has 0 bridgehead atoms. The van der Waals surface area contributed by atoms with Gasteiger partial charge in [0.2, 0.25) is 5.82 Å². The Bertz CT molecular complexity index is 304. The number of carbonyl (C=O) groups is 1. The Labute approximate surface area is 87.9 Å². The van der Waals surface area contributed by atoms with E-state index in [1.165, 1.54) is 19.2 Å². The summed E-state index contributed by atoms with van der Waals surface area (Å²) >= 11 is 0. The van der Waals surface area contributed by atoms with E-state index in [1.54, 1.807) is 0 Å². The molecule has 1 amide bonds. The summed E-state index contributed by atoms with van der Waals surface area (Å²) in [6, 6.07) is 0. The monoisotopic (exact) mass is 209 g/mol. The zero-order valence-electron chi connectivity index (χ0n) is 8.49. The summed E-state index contributed by atoms with van der Waals surface area (Å²) in [4.78, 5) is 15.3. The molecule has 15 heavy (non-hydrogen) atoms. The van der Waals surface area contributed by atoms with Gasteiger partial charge in [0, 0.05) is 6.54 Å². The van der Waals surface area contributed by atoms with Gasteiger partial charge in [0.25, 0.3) is 5.91 Å². The number of amides is 1. The van der Waals surface area contributed by atoms with Gasteiger partial charge >= 0.3 is 0 Å². The molecule has 1 aromatic rings. The van der Waals surface area contributed by atoms with Crippen LogP contribution in [0.3, 0.4) is 0 Å². The Morgan fingerprint density at radius 2 is 2.60 bits per heavy atom. The first-order valence-corrected chi connectivity index (χ1v) is 5.20. The first kappa shape index (κ1) is 10.1. The highest BCUT2D eigenvalue weighted by atomic mass is 16.2. The lowest BCUT2D eigenvalue weighted by Crippen LogP contribution is -2.38. The zero-order chi connectivity index (χ0) is 10.5. The lowest BCUT2D eigenvalue weighted by atomic mass is 10.00. The third-order valence-corrected chi connectivity index (χ3v) is 2.58.